The first-order valence-corrected chi connectivity index (χ1v) is 5.28. The zero-order valence-electron chi connectivity index (χ0n) is 7.86. The first kappa shape index (κ1) is 12.8. The molecule has 0 spiro atoms. The van der Waals surface area contributed by atoms with Crippen molar-refractivity contribution in [2.75, 3.05) is 40.3 Å². The SMILES string of the molecule is C[N+]1(C)CCNCC1.O=S(=O)([O-])O. The summed E-state index contributed by atoms with van der Waals surface area (Å²) in [7, 11) is -0.359. The molecule has 0 amide bonds. The summed E-state index contributed by atoms with van der Waals surface area (Å²) in [5.41, 5.74) is 0. The first-order valence-electron chi connectivity index (χ1n) is 3.92. The van der Waals surface area contributed by atoms with Crippen LogP contribution < -0.4 is 5.32 Å². The Labute approximate surface area is 78.7 Å². The minimum Gasteiger partial charge on any atom is -0.726 e. The molecule has 1 fully saturated rings. The molecule has 0 aliphatic carbocycles. The minimum absolute atomic E-state index is 1.19. The van der Waals surface area contributed by atoms with Gasteiger partial charge in [-0.05, 0) is 0 Å². The molecular weight excluding hydrogens is 196 g/mol. The van der Waals surface area contributed by atoms with Gasteiger partial charge in [-0.3, -0.25) is 4.55 Å². The molecule has 2 N–H and O–H groups in total. The van der Waals surface area contributed by atoms with E-state index in [0.717, 1.165) is 0 Å². The van der Waals surface area contributed by atoms with Crippen LogP contribution in [0.2, 0.25) is 0 Å². The molecule has 0 aromatic rings. The van der Waals surface area contributed by atoms with Gasteiger partial charge in [-0.1, -0.05) is 0 Å². The van der Waals surface area contributed by atoms with Crippen LogP contribution >= 0.6 is 0 Å². The summed E-state index contributed by atoms with van der Waals surface area (Å²) >= 11 is 0. The molecule has 0 unspecified atom stereocenters. The number of likely N-dealkylation sites (N-methyl/N-ethyl adjacent to an activating group) is 1. The maximum absolute atomic E-state index is 8.63. The van der Waals surface area contributed by atoms with Gasteiger partial charge in [0.2, 0.25) is 10.4 Å². The van der Waals surface area contributed by atoms with E-state index < -0.39 is 10.4 Å². The maximum Gasteiger partial charge on any atom is 0.215 e. The van der Waals surface area contributed by atoms with Crippen molar-refractivity contribution in [2.45, 2.75) is 0 Å². The molecule has 1 heterocycles. The van der Waals surface area contributed by atoms with Gasteiger partial charge in [0.1, 0.15) is 0 Å². The second-order valence-electron chi connectivity index (χ2n) is 3.56. The highest BCUT2D eigenvalue weighted by molar-refractivity contribution is 7.79. The Bertz CT molecular complexity index is 221. The number of nitrogens with one attached hydrogen (secondary N) is 1. The number of piperazine rings is 1. The molecule has 1 rings (SSSR count). The monoisotopic (exact) mass is 212 g/mol. The fraction of sp³-hybridized carbons (Fsp3) is 1.00. The molecule has 0 bridgehead atoms. The Balaban J connectivity index is 0.000000252. The number of hydrogen-bond acceptors (Lipinski definition) is 4. The molecule has 0 aromatic heterocycles. The Kier molecular flexibility index (Phi) is 4.79. The topological polar surface area (TPSA) is 89.5 Å². The highest BCUT2D eigenvalue weighted by atomic mass is 32.3. The van der Waals surface area contributed by atoms with Gasteiger partial charge < -0.3 is 14.4 Å². The van der Waals surface area contributed by atoms with Crippen molar-refractivity contribution in [1.82, 2.24) is 5.32 Å². The first-order chi connectivity index (χ1) is 5.71. The van der Waals surface area contributed by atoms with Crippen molar-refractivity contribution in [1.29, 1.82) is 0 Å². The van der Waals surface area contributed by atoms with Gasteiger partial charge in [-0.25, -0.2) is 8.42 Å². The van der Waals surface area contributed by atoms with Crippen LogP contribution in [0.1, 0.15) is 0 Å². The third-order valence-corrected chi connectivity index (χ3v) is 1.79. The number of hydrogen-bond donors (Lipinski definition) is 2. The fourth-order valence-corrected chi connectivity index (χ4v) is 1.00. The Morgan fingerprint density at radius 2 is 1.62 bits per heavy atom. The zero-order chi connectivity index (χ0) is 10.5. The van der Waals surface area contributed by atoms with E-state index >= 15 is 0 Å². The number of quaternary nitrogens is 1. The highest BCUT2D eigenvalue weighted by Gasteiger charge is 2.17. The Hall–Kier alpha value is -0.210. The lowest BCUT2D eigenvalue weighted by atomic mass is 10.3. The fourth-order valence-electron chi connectivity index (χ4n) is 1.00. The van der Waals surface area contributed by atoms with Gasteiger partial charge in [0.15, 0.2) is 0 Å². The average Bonchev–Trinajstić information content (AvgIpc) is 1.82. The van der Waals surface area contributed by atoms with Crippen molar-refractivity contribution in [3.63, 3.8) is 0 Å². The highest BCUT2D eigenvalue weighted by Crippen LogP contribution is 1.96. The molecule has 13 heavy (non-hydrogen) atoms. The van der Waals surface area contributed by atoms with Crippen LogP contribution in [-0.4, -0.2) is 62.3 Å². The lowest BCUT2D eigenvalue weighted by Gasteiger charge is -2.33. The van der Waals surface area contributed by atoms with Crippen LogP contribution in [0.25, 0.3) is 0 Å². The molecule has 0 radical (unpaired) electrons. The summed E-state index contributed by atoms with van der Waals surface area (Å²) in [6.45, 7) is 4.93. The summed E-state index contributed by atoms with van der Waals surface area (Å²) in [6, 6.07) is 0. The summed E-state index contributed by atoms with van der Waals surface area (Å²) < 4.78 is 34.0. The molecule has 0 saturated carbocycles. The van der Waals surface area contributed by atoms with Gasteiger partial charge in [0.05, 0.1) is 27.2 Å². The molecule has 1 saturated heterocycles. The molecule has 0 atom stereocenters. The molecule has 80 valence electrons. The van der Waals surface area contributed by atoms with Gasteiger partial charge in [-0.15, -0.1) is 0 Å². The van der Waals surface area contributed by atoms with E-state index in [-0.39, 0.29) is 0 Å². The van der Waals surface area contributed by atoms with Crippen molar-refractivity contribution in [3.8, 4) is 0 Å². The minimum atomic E-state index is -4.92. The Morgan fingerprint density at radius 3 is 1.77 bits per heavy atom. The van der Waals surface area contributed by atoms with Gasteiger partial charge in [-0.2, -0.15) is 0 Å². The van der Waals surface area contributed by atoms with E-state index in [9.17, 15) is 0 Å². The quantitative estimate of drug-likeness (QED) is 0.295. The molecular formula is C6H16N2O4S. The predicted octanol–water partition coefficient (Wildman–Crippen LogP) is -1.33. The second kappa shape index (κ2) is 4.87. The van der Waals surface area contributed by atoms with Crippen LogP contribution in [0.5, 0.6) is 0 Å². The van der Waals surface area contributed by atoms with E-state index in [1.165, 1.54) is 30.7 Å². The normalized spacial score (nSPS) is 21.5. The lowest BCUT2D eigenvalue weighted by Crippen LogP contribution is -2.53. The third kappa shape index (κ3) is 11.8. The number of rotatable bonds is 0. The van der Waals surface area contributed by atoms with Crippen LogP contribution in [-0.2, 0) is 10.4 Å². The molecule has 1 aliphatic heterocycles. The summed E-state index contributed by atoms with van der Waals surface area (Å²) in [5.74, 6) is 0. The smallest absolute Gasteiger partial charge is 0.215 e. The van der Waals surface area contributed by atoms with E-state index in [2.05, 4.69) is 19.4 Å². The third-order valence-electron chi connectivity index (χ3n) is 1.79. The Morgan fingerprint density at radius 1 is 1.31 bits per heavy atom. The molecule has 7 heteroatoms. The molecule has 6 nitrogen and oxygen atoms in total. The molecule has 0 aromatic carbocycles. The standard InChI is InChI=1S/C6H15N2.H2O4S/c1-8(2)5-3-7-4-6-8;1-5(2,3)4/h7H,3-6H2,1-2H3;(H2,1,2,3,4)/q+1;/p-1. The van der Waals surface area contributed by atoms with Crippen molar-refractivity contribution >= 4 is 10.4 Å². The lowest BCUT2D eigenvalue weighted by molar-refractivity contribution is -0.891. The van der Waals surface area contributed by atoms with E-state index in [4.69, 9.17) is 17.5 Å². The summed E-state index contributed by atoms with van der Waals surface area (Å²) in [4.78, 5) is 0. The van der Waals surface area contributed by atoms with E-state index in [1.54, 1.807) is 0 Å². The van der Waals surface area contributed by atoms with Gasteiger partial charge in [0.25, 0.3) is 0 Å². The van der Waals surface area contributed by atoms with E-state index in [0.29, 0.717) is 0 Å². The molecule has 1 aliphatic rings. The summed E-state index contributed by atoms with van der Waals surface area (Å²) in [5, 5.41) is 3.32. The van der Waals surface area contributed by atoms with Crippen molar-refractivity contribution in [2.24, 2.45) is 0 Å². The van der Waals surface area contributed by atoms with Crippen molar-refractivity contribution in [3.05, 3.63) is 0 Å². The largest absolute Gasteiger partial charge is 0.726 e. The number of nitrogens with zero attached hydrogens (tertiary/aromatic N) is 1. The van der Waals surface area contributed by atoms with E-state index in [1.807, 2.05) is 0 Å². The average molecular weight is 212 g/mol. The van der Waals surface area contributed by atoms with Gasteiger partial charge in [0, 0.05) is 13.1 Å². The predicted molar refractivity (Wildman–Crippen MR) is 47.0 cm³/mol. The van der Waals surface area contributed by atoms with Crippen LogP contribution in [0.15, 0.2) is 0 Å². The van der Waals surface area contributed by atoms with Crippen LogP contribution in [0.4, 0.5) is 0 Å². The van der Waals surface area contributed by atoms with Crippen LogP contribution in [0.3, 0.4) is 0 Å². The van der Waals surface area contributed by atoms with Crippen molar-refractivity contribution < 1.29 is 22.0 Å². The zero-order valence-corrected chi connectivity index (χ0v) is 8.67. The van der Waals surface area contributed by atoms with Gasteiger partial charge >= 0.3 is 0 Å². The summed E-state index contributed by atoms with van der Waals surface area (Å²) in [6.07, 6.45) is 0. The maximum atomic E-state index is 8.63. The second-order valence-corrected chi connectivity index (χ2v) is 4.42. The van der Waals surface area contributed by atoms with Crippen LogP contribution in [0, 0.1) is 0 Å².